The summed E-state index contributed by atoms with van der Waals surface area (Å²) in [6, 6.07) is 7.09. The Morgan fingerprint density at radius 2 is 1.88 bits per heavy atom. The molecule has 0 aromatic heterocycles. The van der Waals surface area contributed by atoms with Gasteiger partial charge in [0.05, 0.1) is 6.10 Å². The second-order valence-electron chi connectivity index (χ2n) is 4.59. The maximum Gasteiger partial charge on any atom is 0.159 e. The molecule has 17 heavy (non-hydrogen) atoms. The molecule has 3 nitrogen and oxygen atoms in total. The molecule has 0 aliphatic heterocycles. The number of rotatable bonds is 3. The molecule has 1 fully saturated rings. The van der Waals surface area contributed by atoms with Crippen molar-refractivity contribution in [1.29, 1.82) is 0 Å². The molecular weight excluding hydrogens is 216 g/mol. The lowest BCUT2D eigenvalue weighted by molar-refractivity contribution is 0.00687. The van der Waals surface area contributed by atoms with Crippen molar-refractivity contribution in [3.63, 3.8) is 0 Å². The fourth-order valence-corrected chi connectivity index (χ4v) is 2.16. The van der Waals surface area contributed by atoms with E-state index in [0.29, 0.717) is 5.56 Å². The highest BCUT2D eigenvalue weighted by Gasteiger charge is 2.24. The second kappa shape index (κ2) is 5.32. The third-order valence-corrected chi connectivity index (χ3v) is 3.22. The summed E-state index contributed by atoms with van der Waals surface area (Å²) in [5, 5.41) is 9.79. The first-order valence-electron chi connectivity index (χ1n) is 6.12. The second-order valence-corrected chi connectivity index (χ2v) is 4.59. The van der Waals surface area contributed by atoms with E-state index in [4.69, 9.17) is 4.74 Å². The predicted molar refractivity (Wildman–Crippen MR) is 65.3 cm³/mol. The average molecular weight is 234 g/mol. The molecule has 0 radical (unpaired) electrons. The maximum absolute atomic E-state index is 11.1. The number of Topliss-reactive ketones (excluding diaryl/α,β-unsaturated/α-hetero) is 1. The third-order valence-electron chi connectivity index (χ3n) is 3.22. The molecule has 3 heteroatoms. The van der Waals surface area contributed by atoms with Crippen LogP contribution in [0.25, 0.3) is 0 Å². The zero-order valence-corrected chi connectivity index (χ0v) is 10.1. The smallest absolute Gasteiger partial charge is 0.159 e. The molecule has 0 bridgehead atoms. The van der Waals surface area contributed by atoms with Crippen LogP contribution in [-0.2, 0) is 0 Å². The van der Waals surface area contributed by atoms with Gasteiger partial charge in [0, 0.05) is 5.56 Å². The molecule has 1 aliphatic carbocycles. The van der Waals surface area contributed by atoms with E-state index in [1.54, 1.807) is 31.2 Å². The van der Waals surface area contributed by atoms with Gasteiger partial charge in [0.15, 0.2) is 5.78 Å². The van der Waals surface area contributed by atoms with Crippen molar-refractivity contribution >= 4 is 5.78 Å². The SMILES string of the molecule is CC(=O)c1ccc(O[C@H]2CCCC[C@@H]2O)cc1. The number of hydrogen-bond acceptors (Lipinski definition) is 3. The first-order chi connectivity index (χ1) is 8.16. The summed E-state index contributed by atoms with van der Waals surface area (Å²) < 4.78 is 5.74. The van der Waals surface area contributed by atoms with Gasteiger partial charge in [-0.15, -0.1) is 0 Å². The standard InChI is InChI=1S/C14H18O3/c1-10(15)11-6-8-12(9-7-11)17-14-5-3-2-4-13(14)16/h6-9,13-14,16H,2-5H2,1H3/t13-,14-/m0/s1. The van der Waals surface area contributed by atoms with Crippen molar-refractivity contribution in [1.82, 2.24) is 0 Å². The summed E-state index contributed by atoms with van der Waals surface area (Å²) in [4.78, 5) is 11.1. The minimum Gasteiger partial charge on any atom is -0.488 e. The first-order valence-corrected chi connectivity index (χ1v) is 6.12. The van der Waals surface area contributed by atoms with Crippen LogP contribution in [0.4, 0.5) is 0 Å². The number of ether oxygens (including phenoxy) is 1. The molecule has 2 atom stereocenters. The number of carbonyl (C=O) groups excluding carboxylic acids is 1. The van der Waals surface area contributed by atoms with E-state index in [2.05, 4.69) is 0 Å². The zero-order chi connectivity index (χ0) is 12.3. The molecule has 1 aliphatic rings. The average Bonchev–Trinajstić information content (AvgIpc) is 2.33. The topological polar surface area (TPSA) is 46.5 Å². The normalized spacial score (nSPS) is 24.4. The summed E-state index contributed by atoms with van der Waals surface area (Å²) in [6.45, 7) is 1.54. The van der Waals surface area contributed by atoms with Crippen LogP contribution in [0.1, 0.15) is 43.0 Å². The summed E-state index contributed by atoms with van der Waals surface area (Å²) in [5.74, 6) is 0.773. The van der Waals surface area contributed by atoms with Gasteiger partial charge in [-0.25, -0.2) is 0 Å². The minimum absolute atomic E-state index is 0.0502. The van der Waals surface area contributed by atoms with E-state index in [0.717, 1.165) is 31.4 Å². The number of aliphatic hydroxyl groups excluding tert-OH is 1. The highest BCUT2D eigenvalue weighted by atomic mass is 16.5. The number of hydrogen-bond donors (Lipinski definition) is 1. The van der Waals surface area contributed by atoms with E-state index in [1.807, 2.05) is 0 Å². The molecule has 1 N–H and O–H groups in total. The predicted octanol–water partition coefficient (Wildman–Crippen LogP) is 2.57. The van der Waals surface area contributed by atoms with E-state index >= 15 is 0 Å². The van der Waals surface area contributed by atoms with Crippen LogP contribution in [-0.4, -0.2) is 23.1 Å². The molecule has 1 saturated carbocycles. The van der Waals surface area contributed by atoms with E-state index in [9.17, 15) is 9.90 Å². The molecule has 2 rings (SSSR count). The Bertz CT molecular complexity index is 383. The van der Waals surface area contributed by atoms with Gasteiger partial charge in [0.25, 0.3) is 0 Å². The molecule has 0 heterocycles. The van der Waals surface area contributed by atoms with Crippen LogP contribution in [0.15, 0.2) is 24.3 Å². The fourth-order valence-electron chi connectivity index (χ4n) is 2.16. The van der Waals surface area contributed by atoms with Crippen LogP contribution in [0.3, 0.4) is 0 Å². The number of benzene rings is 1. The molecule has 1 aromatic rings. The van der Waals surface area contributed by atoms with Gasteiger partial charge in [-0.2, -0.15) is 0 Å². The van der Waals surface area contributed by atoms with Crippen molar-refractivity contribution in [2.45, 2.75) is 44.8 Å². The zero-order valence-electron chi connectivity index (χ0n) is 10.1. The van der Waals surface area contributed by atoms with E-state index in [1.165, 1.54) is 0 Å². The Balaban J connectivity index is 2.00. The van der Waals surface area contributed by atoms with Crippen molar-refractivity contribution in [2.75, 3.05) is 0 Å². The Morgan fingerprint density at radius 1 is 1.24 bits per heavy atom. The molecule has 92 valence electrons. The number of ketones is 1. The van der Waals surface area contributed by atoms with Crippen molar-refractivity contribution < 1.29 is 14.6 Å². The van der Waals surface area contributed by atoms with Gasteiger partial charge < -0.3 is 9.84 Å². The number of carbonyl (C=O) groups is 1. The molecule has 0 saturated heterocycles. The van der Waals surface area contributed by atoms with Crippen LogP contribution < -0.4 is 4.74 Å². The highest BCUT2D eigenvalue weighted by molar-refractivity contribution is 5.94. The molecule has 0 unspecified atom stereocenters. The molecule has 1 aromatic carbocycles. The van der Waals surface area contributed by atoms with Gasteiger partial charge in [0.2, 0.25) is 0 Å². The van der Waals surface area contributed by atoms with Crippen LogP contribution in [0.5, 0.6) is 5.75 Å². The molecule has 0 amide bonds. The number of aliphatic hydroxyl groups is 1. The van der Waals surface area contributed by atoms with E-state index < -0.39 is 0 Å². The van der Waals surface area contributed by atoms with Gasteiger partial charge >= 0.3 is 0 Å². The quantitative estimate of drug-likeness (QED) is 0.818. The summed E-state index contributed by atoms with van der Waals surface area (Å²) in [6.07, 6.45) is 3.42. The van der Waals surface area contributed by atoms with Gasteiger partial charge in [-0.05, 0) is 50.5 Å². The maximum atomic E-state index is 11.1. The minimum atomic E-state index is -0.365. The Labute approximate surface area is 101 Å². The Hall–Kier alpha value is -1.35. The van der Waals surface area contributed by atoms with Crippen LogP contribution >= 0.6 is 0 Å². The highest BCUT2D eigenvalue weighted by Crippen LogP contribution is 2.24. The van der Waals surface area contributed by atoms with Crippen LogP contribution in [0.2, 0.25) is 0 Å². The van der Waals surface area contributed by atoms with Gasteiger partial charge in [0.1, 0.15) is 11.9 Å². The van der Waals surface area contributed by atoms with Crippen molar-refractivity contribution in [3.8, 4) is 5.75 Å². The van der Waals surface area contributed by atoms with Crippen molar-refractivity contribution in [2.24, 2.45) is 0 Å². The fraction of sp³-hybridized carbons (Fsp3) is 0.500. The summed E-state index contributed by atoms with van der Waals surface area (Å²) in [7, 11) is 0. The lowest BCUT2D eigenvalue weighted by atomic mass is 9.95. The third kappa shape index (κ3) is 3.07. The molecular formula is C14H18O3. The Kier molecular flexibility index (Phi) is 3.79. The first kappa shape index (κ1) is 12.1. The lowest BCUT2D eigenvalue weighted by Crippen LogP contribution is -2.34. The molecule has 0 spiro atoms. The van der Waals surface area contributed by atoms with Gasteiger partial charge in [-0.1, -0.05) is 6.42 Å². The Morgan fingerprint density at radius 3 is 2.47 bits per heavy atom. The monoisotopic (exact) mass is 234 g/mol. The van der Waals surface area contributed by atoms with Crippen LogP contribution in [0, 0.1) is 0 Å². The van der Waals surface area contributed by atoms with Crippen molar-refractivity contribution in [3.05, 3.63) is 29.8 Å². The van der Waals surface area contributed by atoms with E-state index in [-0.39, 0.29) is 18.0 Å². The summed E-state index contributed by atoms with van der Waals surface area (Å²) in [5.41, 5.74) is 0.682. The lowest BCUT2D eigenvalue weighted by Gasteiger charge is -2.28. The van der Waals surface area contributed by atoms with Gasteiger partial charge in [-0.3, -0.25) is 4.79 Å². The largest absolute Gasteiger partial charge is 0.488 e. The summed E-state index contributed by atoms with van der Waals surface area (Å²) >= 11 is 0.